The van der Waals surface area contributed by atoms with Gasteiger partial charge in [0, 0.05) is 11.4 Å². The summed E-state index contributed by atoms with van der Waals surface area (Å²) in [5.41, 5.74) is 17.2. The third kappa shape index (κ3) is 3.11. The van der Waals surface area contributed by atoms with Gasteiger partial charge in [-0.15, -0.1) is 0 Å². The maximum atomic E-state index is 5.72. The fraction of sp³-hybridized carbons (Fsp3) is 0.176. The highest BCUT2D eigenvalue weighted by Gasteiger charge is 2.11. The highest BCUT2D eigenvalue weighted by Crippen LogP contribution is 2.18. The normalized spacial score (nSPS) is 15.0. The van der Waals surface area contributed by atoms with Gasteiger partial charge in [0.1, 0.15) is 0 Å². The van der Waals surface area contributed by atoms with E-state index in [0.717, 1.165) is 53.2 Å². The summed E-state index contributed by atoms with van der Waals surface area (Å²) < 4.78 is 0. The van der Waals surface area contributed by atoms with Crippen molar-refractivity contribution in [1.82, 2.24) is 0 Å². The van der Waals surface area contributed by atoms with Gasteiger partial charge in [0.05, 0.1) is 11.4 Å². The van der Waals surface area contributed by atoms with Crippen LogP contribution < -0.4 is 11.5 Å². The Morgan fingerprint density at radius 2 is 1.00 bits per heavy atom. The molecule has 4 N–H and O–H groups in total. The number of anilines is 2. The van der Waals surface area contributed by atoms with Gasteiger partial charge < -0.3 is 11.5 Å². The second kappa shape index (κ2) is 5.79. The molecule has 2 aromatic rings. The molecule has 0 unspecified atom stereocenters. The maximum Gasteiger partial charge on any atom is 0.0702 e. The Morgan fingerprint density at radius 1 is 0.619 bits per heavy atom. The van der Waals surface area contributed by atoms with Crippen molar-refractivity contribution in [3.05, 3.63) is 59.7 Å². The summed E-state index contributed by atoms with van der Waals surface area (Å²) in [6.45, 7) is 0. The Morgan fingerprint density at radius 3 is 1.38 bits per heavy atom. The van der Waals surface area contributed by atoms with E-state index in [4.69, 9.17) is 11.5 Å². The van der Waals surface area contributed by atoms with E-state index in [1.165, 1.54) is 0 Å². The van der Waals surface area contributed by atoms with Crippen molar-refractivity contribution in [2.75, 3.05) is 11.5 Å². The molecular formula is C17H18N4. The average Bonchev–Trinajstić information content (AvgIpc) is 2.75. The van der Waals surface area contributed by atoms with Crippen LogP contribution in [0.25, 0.3) is 0 Å². The van der Waals surface area contributed by atoms with Crippen molar-refractivity contribution in [3.63, 3.8) is 0 Å². The van der Waals surface area contributed by atoms with Crippen LogP contribution in [-0.4, -0.2) is 11.4 Å². The third-order valence-corrected chi connectivity index (χ3v) is 3.61. The van der Waals surface area contributed by atoms with Gasteiger partial charge in [-0.25, -0.2) is 0 Å². The van der Waals surface area contributed by atoms with Gasteiger partial charge in [0.25, 0.3) is 0 Å². The molecule has 1 heterocycles. The number of benzene rings is 2. The van der Waals surface area contributed by atoms with E-state index in [2.05, 4.69) is 10.2 Å². The predicted molar refractivity (Wildman–Crippen MR) is 88.6 cm³/mol. The van der Waals surface area contributed by atoms with Crippen LogP contribution >= 0.6 is 0 Å². The molecule has 2 aromatic carbocycles. The minimum absolute atomic E-state index is 0.763. The van der Waals surface area contributed by atoms with E-state index < -0.39 is 0 Å². The first kappa shape index (κ1) is 13.4. The Bertz CT molecular complexity index is 620. The lowest BCUT2D eigenvalue weighted by atomic mass is 10.0. The molecular weight excluding hydrogens is 260 g/mol. The van der Waals surface area contributed by atoms with E-state index in [9.17, 15) is 0 Å². The second-order valence-corrected chi connectivity index (χ2v) is 5.19. The first-order valence-corrected chi connectivity index (χ1v) is 7.07. The minimum atomic E-state index is 0.763. The highest BCUT2D eigenvalue weighted by molar-refractivity contribution is 6.05. The summed E-state index contributed by atoms with van der Waals surface area (Å²) in [5, 5.41) is 8.87. The van der Waals surface area contributed by atoms with Crippen LogP contribution in [-0.2, 0) is 0 Å². The molecule has 0 fully saturated rings. The molecule has 4 nitrogen and oxygen atoms in total. The largest absolute Gasteiger partial charge is 0.399 e. The summed E-state index contributed by atoms with van der Waals surface area (Å²) in [7, 11) is 0. The molecule has 0 atom stereocenters. The van der Waals surface area contributed by atoms with Gasteiger partial charge in [-0.05, 0) is 54.7 Å². The molecule has 0 spiro atoms. The molecule has 0 aromatic heterocycles. The summed E-state index contributed by atoms with van der Waals surface area (Å²) in [6.07, 6.45) is 2.88. The minimum Gasteiger partial charge on any atom is -0.399 e. The zero-order chi connectivity index (χ0) is 14.7. The van der Waals surface area contributed by atoms with Crippen molar-refractivity contribution >= 4 is 22.8 Å². The molecule has 0 bridgehead atoms. The van der Waals surface area contributed by atoms with Gasteiger partial charge in [-0.2, -0.15) is 10.2 Å². The zero-order valence-electron chi connectivity index (χ0n) is 11.8. The maximum absolute atomic E-state index is 5.72. The monoisotopic (exact) mass is 278 g/mol. The summed E-state index contributed by atoms with van der Waals surface area (Å²) in [6, 6.07) is 15.6. The van der Waals surface area contributed by atoms with Gasteiger partial charge >= 0.3 is 0 Å². The topological polar surface area (TPSA) is 76.8 Å². The highest BCUT2D eigenvalue weighted by atomic mass is 15.2. The molecule has 0 aliphatic carbocycles. The molecule has 0 saturated heterocycles. The number of rotatable bonds is 2. The SMILES string of the molecule is Nc1ccc(C2=NN=C(c3ccc(N)cc3)CCC2)cc1. The summed E-state index contributed by atoms with van der Waals surface area (Å²) >= 11 is 0. The lowest BCUT2D eigenvalue weighted by Gasteiger charge is -2.03. The van der Waals surface area contributed by atoms with Crippen LogP contribution in [0.4, 0.5) is 11.4 Å². The van der Waals surface area contributed by atoms with E-state index in [0.29, 0.717) is 0 Å². The molecule has 3 rings (SSSR count). The Hall–Kier alpha value is -2.62. The van der Waals surface area contributed by atoms with Gasteiger partial charge in [0.2, 0.25) is 0 Å². The van der Waals surface area contributed by atoms with E-state index in [-0.39, 0.29) is 0 Å². The average molecular weight is 278 g/mol. The van der Waals surface area contributed by atoms with Gasteiger partial charge in [-0.1, -0.05) is 24.3 Å². The van der Waals surface area contributed by atoms with Gasteiger partial charge in [-0.3, -0.25) is 0 Å². The second-order valence-electron chi connectivity index (χ2n) is 5.19. The number of nitrogens with zero attached hydrogens (tertiary/aromatic N) is 2. The van der Waals surface area contributed by atoms with Crippen molar-refractivity contribution in [1.29, 1.82) is 0 Å². The number of hydrogen-bond donors (Lipinski definition) is 2. The van der Waals surface area contributed by atoms with Crippen LogP contribution in [0.15, 0.2) is 58.7 Å². The van der Waals surface area contributed by atoms with Crippen LogP contribution in [0, 0.1) is 0 Å². The summed E-state index contributed by atoms with van der Waals surface area (Å²) in [5.74, 6) is 0. The lowest BCUT2D eigenvalue weighted by Crippen LogP contribution is -2.01. The van der Waals surface area contributed by atoms with Gasteiger partial charge in [0.15, 0.2) is 0 Å². The molecule has 1 aliphatic heterocycles. The van der Waals surface area contributed by atoms with Crippen molar-refractivity contribution in [2.45, 2.75) is 19.3 Å². The van der Waals surface area contributed by atoms with Crippen LogP contribution in [0.2, 0.25) is 0 Å². The van der Waals surface area contributed by atoms with E-state index >= 15 is 0 Å². The van der Waals surface area contributed by atoms with E-state index in [1.54, 1.807) is 0 Å². The molecule has 106 valence electrons. The first-order valence-electron chi connectivity index (χ1n) is 7.07. The first-order chi connectivity index (χ1) is 10.2. The Kier molecular flexibility index (Phi) is 3.69. The van der Waals surface area contributed by atoms with Crippen molar-refractivity contribution in [2.24, 2.45) is 10.2 Å². The Balaban J connectivity index is 1.88. The fourth-order valence-electron chi connectivity index (χ4n) is 2.40. The lowest BCUT2D eigenvalue weighted by molar-refractivity contribution is 0.933. The smallest absolute Gasteiger partial charge is 0.0702 e. The zero-order valence-corrected chi connectivity index (χ0v) is 11.8. The van der Waals surface area contributed by atoms with Crippen LogP contribution in [0.5, 0.6) is 0 Å². The molecule has 0 radical (unpaired) electrons. The third-order valence-electron chi connectivity index (χ3n) is 3.61. The molecule has 21 heavy (non-hydrogen) atoms. The number of nitrogen functional groups attached to an aromatic ring is 2. The fourth-order valence-corrected chi connectivity index (χ4v) is 2.40. The number of hydrogen-bond acceptors (Lipinski definition) is 4. The number of nitrogens with two attached hydrogens (primary N) is 2. The van der Waals surface area contributed by atoms with Crippen molar-refractivity contribution in [3.8, 4) is 0 Å². The molecule has 4 heteroatoms. The molecule has 0 saturated carbocycles. The van der Waals surface area contributed by atoms with E-state index in [1.807, 2.05) is 48.5 Å². The molecule has 0 amide bonds. The predicted octanol–water partition coefficient (Wildman–Crippen LogP) is 3.23. The quantitative estimate of drug-likeness (QED) is 0.827. The van der Waals surface area contributed by atoms with Crippen molar-refractivity contribution < 1.29 is 0 Å². The molecule has 1 aliphatic rings. The van der Waals surface area contributed by atoms with Crippen LogP contribution in [0.3, 0.4) is 0 Å². The van der Waals surface area contributed by atoms with Crippen LogP contribution in [0.1, 0.15) is 30.4 Å². The standard InChI is InChI=1S/C17H18N4/c18-14-8-4-12(5-9-14)16-2-1-3-17(21-20-16)13-6-10-15(19)11-7-13/h4-11H,1-3,18-19H2. The summed E-state index contributed by atoms with van der Waals surface area (Å²) in [4.78, 5) is 0. The Labute approximate surface area is 124 Å².